The molecule has 4 aromatic rings. The van der Waals surface area contributed by atoms with E-state index in [9.17, 15) is 4.79 Å². The molecule has 0 atom stereocenters. The Morgan fingerprint density at radius 2 is 2.00 bits per heavy atom. The largest absolute Gasteiger partial charge is 0.283 e. The highest BCUT2D eigenvalue weighted by Crippen LogP contribution is 2.25. The fourth-order valence-corrected chi connectivity index (χ4v) is 5.38. The van der Waals surface area contributed by atoms with Gasteiger partial charge in [-0.3, -0.25) is 9.36 Å². The van der Waals surface area contributed by atoms with Gasteiger partial charge in [0.05, 0.1) is 16.1 Å². The number of allylic oxidation sites excluding steroid dienone is 1. The number of hydrogen-bond donors (Lipinski definition) is 0. The van der Waals surface area contributed by atoms with Crippen LogP contribution in [0.25, 0.3) is 10.2 Å². The van der Waals surface area contributed by atoms with Gasteiger partial charge in [-0.25, -0.2) is 9.97 Å². The minimum absolute atomic E-state index is 0.00769. The Labute approximate surface area is 169 Å². The number of thiophene rings is 1. The standard InChI is InChI=1S/C20H17N3OS3/c1-2-9-23-19(24)16-8-10-25-18(16)22-20(23)27-13-15-12-26-17(21-15)11-14-6-4-3-5-7-14/h2-8,10,12H,1,9,11,13H2. The van der Waals surface area contributed by atoms with Crippen molar-refractivity contribution in [3.63, 3.8) is 0 Å². The third kappa shape index (κ3) is 4.05. The van der Waals surface area contributed by atoms with E-state index in [2.05, 4.69) is 29.1 Å². The second kappa shape index (κ2) is 8.21. The fourth-order valence-electron chi connectivity index (χ4n) is 2.74. The molecule has 0 spiro atoms. The van der Waals surface area contributed by atoms with Crippen LogP contribution in [0.1, 0.15) is 16.3 Å². The van der Waals surface area contributed by atoms with Crippen molar-refractivity contribution in [1.29, 1.82) is 0 Å². The van der Waals surface area contributed by atoms with E-state index in [1.54, 1.807) is 33.7 Å². The fraction of sp³-hybridized carbons (Fsp3) is 0.150. The second-order valence-electron chi connectivity index (χ2n) is 5.92. The number of aromatic nitrogens is 3. The first-order valence-corrected chi connectivity index (χ1v) is 11.2. The molecule has 4 nitrogen and oxygen atoms in total. The highest BCUT2D eigenvalue weighted by Gasteiger charge is 2.13. The Morgan fingerprint density at radius 3 is 2.81 bits per heavy atom. The predicted molar refractivity (Wildman–Crippen MR) is 115 cm³/mol. The van der Waals surface area contributed by atoms with E-state index in [0.29, 0.717) is 22.8 Å². The molecule has 0 unspecified atom stereocenters. The molecule has 0 saturated carbocycles. The Kier molecular flexibility index (Phi) is 5.52. The molecule has 0 radical (unpaired) electrons. The zero-order chi connectivity index (χ0) is 18.6. The van der Waals surface area contributed by atoms with Gasteiger partial charge in [0.2, 0.25) is 0 Å². The van der Waals surface area contributed by atoms with E-state index < -0.39 is 0 Å². The molecule has 3 aromatic heterocycles. The highest BCUT2D eigenvalue weighted by atomic mass is 32.2. The molecule has 0 saturated heterocycles. The first kappa shape index (κ1) is 18.2. The smallest absolute Gasteiger partial charge is 0.263 e. The Balaban J connectivity index is 1.52. The number of benzene rings is 1. The summed E-state index contributed by atoms with van der Waals surface area (Å²) in [5, 5.41) is 6.48. The lowest BCUT2D eigenvalue weighted by molar-refractivity contribution is 0.672. The molecule has 27 heavy (non-hydrogen) atoms. The van der Waals surface area contributed by atoms with Crippen molar-refractivity contribution in [2.75, 3.05) is 0 Å². The van der Waals surface area contributed by atoms with Gasteiger partial charge in [-0.15, -0.1) is 29.3 Å². The molecule has 136 valence electrons. The highest BCUT2D eigenvalue weighted by molar-refractivity contribution is 7.98. The summed E-state index contributed by atoms with van der Waals surface area (Å²) in [7, 11) is 0. The molecular formula is C20H17N3OS3. The minimum atomic E-state index is -0.00769. The van der Waals surface area contributed by atoms with Crippen LogP contribution in [0.3, 0.4) is 0 Å². The molecular weight excluding hydrogens is 394 g/mol. The van der Waals surface area contributed by atoms with E-state index in [1.807, 2.05) is 29.6 Å². The number of thioether (sulfide) groups is 1. The van der Waals surface area contributed by atoms with Crippen LogP contribution >= 0.6 is 34.4 Å². The first-order valence-electron chi connectivity index (χ1n) is 8.43. The molecule has 0 fully saturated rings. The van der Waals surface area contributed by atoms with Crippen molar-refractivity contribution in [3.05, 3.63) is 86.4 Å². The molecule has 0 bridgehead atoms. The van der Waals surface area contributed by atoms with Crippen LogP contribution in [0.5, 0.6) is 0 Å². The lowest BCUT2D eigenvalue weighted by Crippen LogP contribution is -2.22. The summed E-state index contributed by atoms with van der Waals surface area (Å²) in [6, 6.07) is 12.2. The summed E-state index contributed by atoms with van der Waals surface area (Å²) in [6.45, 7) is 4.22. The van der Waals surface area contributed by atoms with Crippen LogP contribution in [0.2, 0.25) is 0 Å². The SMILES string of the molecule is C=CCn1c(SCc2csc(Cc3ccccc3)n2)nc2sccc2c1=O. The quantitative estimate of drug-likeness (QED) is 0.244. The average molecular weight is 412 g/mol. The molecule has 0 aliphatic carbocycles. The van der Waals surface area contributed by atoms with E-state index >= 15 is 0 Å². The maximum Gasteiger partial charge on any atom is 0.263 e. The van der Waals surface area contributed by atoms with Crippen molar-refractivity contribution >= 4 is 44.7 Å². The predicted octanol–water partition coefficient (Wildman–Crippen LogP) is 4.98. The van der Waals surface area contributed by atoms with Gasteiger partial charge in [0.1, 0.15) is 4.83 Å². The van der Waals surface area contributed by atoms with E-state index in [-0.39, 0.29) is 5.56 Å². The Hall–Kier alpha value is -2.22. The summed E-state index contributed by atoms with van der Waals surface area (Å²) in [4.78, 5) is 22.9. The van der Waals surface area contributed by atoms with E-state index in [0.717, 1.165) is 22.0 Å². The molecule has 4 rings (SSSR count). The normalized spacial score (nSPS) is 11.1. The molecule has 3 heterocycles. The Morgan fingerprint density at radius 1 is 1.15 bits per heavy atom. The number of rotatable bonds is 7. The van der Waals surface area contributed by atoms with Gasteiger partial charge in [0.15, 0.2) is 5.16 Å². The topological polar surface area (TPSA) is 47.8 Å². The monoisotopic (exact) mass is 411 g/mol. The number of nitrogens with zero attached hydrogens (tertiary/aromatic N) is 3. The summed E-state index contributed by atoms with van der Waals surface area (Å²) >= 11 is 4.71. The third-order valence-electron chi connectivity index (χ3n) is 4.01. The van der Waals surface area contributed by atoms with Gasteiger partial charge < -0.3 is 0 Å². The number of hydrogen-bond acceptors (Lipinski definition) is 6. The van der Waals surface area contributed by atoms with Crippen molar-refractivity contribution in [2.24, 2.45) is 0 Å². The van der Waals surface area contributed by atoms with Crippen LogP contribution in [-0.4, -0.2) is 14.5 Å². The third-order valence-corrected chi connectivity index (χ3v) is 6.72. The minimum Gasteiger partial charge on any atom is -0.283 e. The van der Waals surface area contributed by atoms with E-state index in [1.165, 1.54) is 16.9 Å². The van der Waals surface area contributed by atoms with Gasteiger partial charge >= 0.3 is 0 Å². The molecule has 0 aliphatic heterocycles. The van der Waals surface area contributed by atoms with Gasteiger partial charge in [0.25, 0.3) is 5.56 Å². The van der Waals surface area contributed by atoms with Gasteiger partial charge in [-0.2, -0.15) is 0 Å². The van der Waals surface area contributed by atoms with Crippen molar-refractivity contribution in [1.82, 2.24) is 14.5 Å². The summed E-state index contributed by atoms with van der Waals surface area (Å²) in [5.41, 5.74) is 2.27. The van der Waals surface area contributed by atoms with Crippen LogP contribution in [0, 0.1) is 0 Å². The van der Waals surface area contributed by atoms with Crippen LogP contribution < -0.4 is 5.56 Å². The summed E-state index contributed by atoms with van der Waals surface area (Å²) in [6.07, 6.45) is 2.57. The number of thiazole rings is 1. The maximum absolute atomic E-state index is 12.7. The van der Waals surface area contributed by atoms with Crippen molar-refractivity contribution in [3.8, 4) is 0 Å². The van der Waals surface area contributed by atoms with Gasteiger partial charge in [-0.05, 0) is 17.0 Å². The first-order chi connectivity index (χ1) is 13.2. The average Bonchev–Trinajstić information content (AvgIpc) is 3.33. The maximum atomic E-state index is 12.7. The molecule has 1 aromatic carbocycles. The zero-order valence-corrected chi connectivity index (χ0v) is 16.9. The van der Waals surface area contributed by atoms with Crippen molar-refractivity contribution in [2.45, 2.75) is 23.9 Å². The second-order valence-corrected chi connectivity index (χ2v) is 8.70. The van der Waals surface area contributed by atoms with Crippen LogP contribution in [0.15, 0.2) is 69.8 Å². The molecule has 0 N–H and O–H groups in total. The zero-order valence-electron chi connectivity index (χ0n) is 14.5. The number of fused-ring (bicyclic) bond motifs is 1. The Bertz CT molecular complexity index is 1130. The lowest BCUT2D eigenvalue weighted by atomic mass is 10.2. The lowest BCUT2D eigenvalue weighted by Gasteiger charge is -2.09. The molecule has 7 heteroatoms. The van der Waals surface area contributed by atoms with Crippen LogP contribution in [0.4, 0.5) is 0 Å². The van der Waals surface area contributed by atoms with Gasteiger partial charge in [-0.1, -0.05) is 48.2 Å². The van der Waals surface area contributed by atoms with Crippen molar-refractivity contribution < 1.29 is 0 Å². The summed E-state index contributed by atoms with van der Waals surface area (Å²) in [5.74, 6) is 0.686. The molecule has 0 aliphatic rings. The van der Waals surface area contributed by atoms with E-state index in [4.69, 9.17) is 4.98 Å². The summed E-state index contributed by atoms with van der Waals surface area (Å²) < 4.78 is 1.68. The molecule has 0 amide bonds. The van der Waals surface area contributed by atoms with Gasteiger partial charge in [0, 0.05) is 24.1 Å². The van der Waals surface area contributed by atoms with Crippen LogP contribution in [-0.2, 0) is 18.7 Å².